The van der Waals surface area contributed by atoms with E-state index in [1.165, 1.54) is 0 Å². The Labute approximate surface area is 113 Å². The van der Waals surface area contributed by atoms with Gasteiger partial charge in [-0.25, -0.2) is 4.98 Å². The molecule has 0 spiro atoms. The second-order valence-corrected chi connectivity index (χ2v) is 4.02. The third-order valence-corrected chi connectivity index (χ3v) is 2.51. The van der Waals surface area contributed by atoms with Crippen LogP contribution in [-0.2, 0) is 0 Å². The summed E-state index contributed by atoms with van der Waals surface area (Å²) < 4.78 is 0. The number of nitrogen functional groups attached to an aromatic ring is 1. The van der Waals surface area contributed by atoms with E-state index >= 15 is 0 Å². The van der Waals surface area contributed by atoms with Crippen molar-refractivity contribution in [2.75, 3.05) is 11.1 Å². The number of hydrogen-bond acceptors (Lipinski definition) is 6. The van der Waals surface area contributed by atoms with Crippen molar-refractivity contribution < 1.29 is 9.72 Å². The summed E-state index contributed by atoms with van der Waals surface area (Å²) in [5.41, 5.74) is 6.47. The summed E-state index contributed by atoms with van der Waals surface area (Å²) in [5, 5.41) is 13.3. The topological polar surface area (TPSA) is 124 Å². The number of amides is 1. The van der Waals surface area contributed by atoms with E-state index in [1.54, 1.807) is 25.3 Å². The first-order valence-corrected chi connectivity index (χ1v) is 5.61. The van der Waals surface area contributed by atoms with Gasteiger partial charge in [0.25, 0.3) is 11.6 Å². The van der Waals surface area contributed by atoms with Crippen LogP contribution in [0.4, 0.5) is 17.2 Å². The monoisotopic (exact) mass is 273 g/mol. The first-order valence-electron chi connectivity index (χ1n) is 5.61. The lowest BCUT2D eigenvalue weighted by molar-refractivity contribution is -0.385. The van der Waals surface area contributed by atoms with Crippen molar-refractivity contribution in [1.29, 1.82) is 0 Å². The van der Waals surface area contributed by atoms with E-state index in [9.17, 15) is 14.9 Å². The average molecular weight is 273 g/mol. The van der Waals surface area contributed by atoms with Crippen LogP contribution in [0.1, 0.15) is 16.1 Å². The number of pyridine rings is 2. The second kappa shape index (κ2) is 5.31. The number of aromatic nitrogens is 2. The Bertz CT molecular complexity index is 687. The van der Waals surface area contributed by atoms with E-state index in [4.69, 9.17) is 5.73 Å². The number of rotatable bonds is 3. The number of nitro groups is 1. The van der Waals surface area contributed by atoms with Gasteiger partial charge >= 0.3 is 0 Å². The third kappa shape index (κ3) is 2.86. The zero-order valence-corrected chi connectivity index (χ0v) is 10.5. The molecular formula is C12H11N5O3. The van der Waals surface area contributed by atoms with E-state index in [0.29, 0.717) is 5.69 Å². The molecule has 0 aromatic carbocycles. The van der Waals surface area contributed by atoms with Crippen LogP contribution in [0.25, 0.3) is 0 Å². The Morgan fingerprint density at radius 2 is 2.15 bits per heavy atom. The fourth-order valence-corrected chi connectivity index (χ4v) is 1.57. The minimum atomic E-state index is -0.639. The van der Waals surface area contributed by atoms with Crippen molar-refractivity contribution in [3.63, 3.8) is 0 Å². The molecule has 0 unspecified atom stereocenters. The van der Waals surface area contributed by atoms with Crippen LogP contribution < -0.4 is 11.1 Å². The molecule has 0 radical (unpaired) electrons. The molecule has 0 aliphatic rings. The maximum Gasteiger partial charge on any atom is 0.288 e. The normalized spacial score (nSPS) is 10.1. The van der Waals surface area contributed by atoms with E-state index in [0.717, 1.165) is 18.0 Å². The molecule has 102 valence electrons. The zero-order valence-electron chi connectivity index (χ0n) is 10.5. The lowest BCUT2D eigenvalue weighted by Gasteiger charge is -2.07. The molecule has 1 amide bonds. The van der Waals surface area contributed by atoms with Crippen molar-refractivity contribution >= 4 is 23.1 Å². The maximum atomic E-state index is 12.0. The first-order chi connectivity index (χ1) is 9.47. The van der Waals surface area contributed by atoms with Crippen molar-refractivity contribution in [3.05, 3.63) is 52.0 Å². The van der Waals surface area contributed by atoms with Gasteiger partial charge in [-0.05, 0) is 19.1 Å². The number of anilines is 2. The fraction of sp³-hybridized carbons (Fsp3) is 0.0833. The van der Waals surface area contributed by atoms with Gasteiger partial charge in [0, 0.05) is 23.6 Å². The highest BCUT2D eigenvalue weighted by atomic mass is 16.6. The van der Waals surface area contributed by atoms with Crippen molar-refractivity contribution in [2.24, 2.45) is 0 Å². The van der Waals surface area contributed by atoms with Crippen LogP contribution in [-0.4, -0.2) is 20.8 Å². The van der Waals surface area contributed by atoms with Gasteiger partial charge in [0.05, 0.1) is 10.5 Å². The largest absolute Gasteiger partial charge is 0.383 e. The Balaban J connectivity index is 2.29. The quantitative estimate of drug-likeness (QED) is 0.645. The van der Waals surface area contributed by atoms with Gasteiger partial charge in [-0.1, -0.05) is 0 Å². The van der Waals surface area contributed by atoms with Crippen molar-refractivity contribution in [3.8, 4) is 0 Å². The first kappa shape index (κ1) is 13.4. The summed E-state index contributed by atoms with van der Waals surface area (Å²) >= 11 is 0. The SMILES string of the molecule is Cc1cc(NC(=O)c2cc([N+](=O)[O-])cnc2N)ccn1. The van der Waals surface area contributed by atoms with E-state index in [1.807, 2.05) is 0 Å². The van der Waals surface area contributed by atoms with Gasteiger partial charge < -0.3 is 11.1 Å². The summed E-state index contributed by atoms with van der Waals surface area (Å²) in [4.78, 5) is 29.7. The van der Waals surface area contributed by atoms with Gasteiger partial charge in [0.15, 0.2) is 0 Å². The highest BCUT2D eigenvalue weighted by Crippen LogP contribution is 2.18. The van der Waals surface area contributed by atoms with Crippen LogP contribution in [0.15, 0.2) is 30.6 Å². The third-order valence-electron chi connectivity index (χ3n) is 2.51. The number of hydrogen-bond donors (Lipinski definition) is 2. The lowest BCUT2D eigenvalue weighted by atomic mass is 10.2. The zero-order chi connectivity index (χ0) is 14.7. The van der Waals surface area contributed by atoms with E-state index in [2.05, 4.69) is 15.3 Å². The highest BCUT2D eigenvalue weighted by molar-refractivity contribution is 6.07. The van der Waals surface area contributed by atoms with E-state index in [-0.39, 0.29) is 17.1 Å². The summed E-state index contributed by atoms with van der Waals surface area (Å²) in [6.07, 6.45) is 2.54. The molecule has 8 nitrogen and oxygen atoms in total. The summed E-state index contributed by atoms with van der Waals surface area (Å²) in [6.45, 7) is 1.78. The molecule has 0 fully saturated rings. The number of aryl methyl sites for hydroxylation is 1. The summed E-state index contributed by atoms with van der Waals surface area (Å²) in [6, 6.07) is 4.36. The van der Waals surface area contributed by atoms with Crippen molar-refractivity contribution in [2.45, 2.75) is 6.92 Å². The molecule has 3 N–H and O–H groups in total. The highest BCUT2D eigenvalue weighted by Gasteiger charge is 2.16. The molecular weight excluding hydrogens is 262 g/mol. The van der Waals surface area contributed by atoms with Crippen LogP contribution in [0.3, 0.4) is 0 Å². The van der Waals surface area contributed by atoms with Gasteiger partial charge in [0.2, 0.25) is 0 Å². The van der Waals surface area contributed by atoms with Crippen LogP contribution >= 0.6 is 0 Å². The Morgan fingerprint density at radius 3 is 2.80 bits per heavy atom. The number of carbonyl (C=O) groups is 1. The molecule has 0 saturated heterocycles. The molecule has 2 heterocycles. The smallest absolute Gasteiger partial charge is 0.288 e. The molecule has 8 heteroatoms. The standard InChI is InChI=1S/C12H11N5O3/c1-7-4-8(2-3-14-7)16-12(18)10-5-9(17(19)20)6-15-11(10)13/h2-6H,1H3,(H2,13,15)(H,14,16,18). The van der Waals surface area contributed by atoms with E-state index < -0.39 is 10.8 Å². The van der Waals surface area contributed by atoms with Gasteiger partial charge in [-0.3, -0.25) is 19.9 Å². The number of nitrogens with two attached hydrogens (primary N) is 1. The molecule has 2 aromatic rings. The Kier molecular flexibility index (Phi) is 3.56. The number of nitrogens with zero attached hydrogens (tertiary/aromatic N) is 3. The molecule has 2 rings (SSSR count). The summed E-state index contributed by atoms with van der Waals surface area (Å²) in [7, 11) is 0. The molecule has 0 atom stereocenters. The predicted molar refractivity (Wildman–Crippen MR) is 72.2 cm³/mol. The van der Waals surface area contributed by atoms with Crippen LogP contribution in [0, 0.1) is 17.0 Å². The maximum absolute atomic E-state index is 12.0. The molecule has 0 aliphatic carbocycles. The van der Waals surface area contributed by atoms with Crippen LogP contribution in [0.2, 0.25) is 0 Å². The minimum Gasteiger partial charge on any atom is -0.383 e. The minimum absolute atomic E-state index is 0.0475. The van der Waals surface area contributed by atoms with Crippen LogP contribution in [0.5, 0.6) is 0 Å². The predicted octanol–water partition coefficient (Wildman–Crippen LogP) is 1.53. The van der Waals surface area contributed by atoms with Gasteiger partial charge in [-0.2, -0.15) is 0 Å². The van der Waals surface area contributed by atoms with Gasteiger partial charge in [0.1, 0.15) is 12.0 Å². The lowest BCUT2D eigenvalue weighted by Crippen LogP contribution is -2.15. The Hall–Kier alpha value is -3.03. The fourth-order valence-electron chi connectivity index (χ4n) is 1.57. The van der Waals surface area contributed by atoms with Crippen molar-refractivity contribution in [1.82, 2.24) is 9.97 Å². The summed E-state index contributed by atoms with van der Waals surface area (Å²) in [5.74, 6) is -0.636. The number of carbonyl (C=O) groups excluding carboxylic acids is 1. The molecule has 0 saturated carbocycles. The number of nitrogens with one attached hydrogen (secondary N) is 1. The molecule has 2 aromatic heterocycles. The molecule has 0 bridgehead atoms. The Morgan fingerprint density at radius 1 is 1.40 bits per heavy atom. The molecule has 20 heavy (non-hydrogen) atoms. The molecule has 0 aliphatic heterocycles. The van der Waals surface area contributed by atoms with Gasteiger partial charge in [-0.15, -0.1) is 0 Å². The second-order valence-electron chi connectivity index (χ2n) is 4.02. The average Bonchev–Trinajstić information content (AvgIpc) is 2.38.